The minimum Gasteiger partial charge on any atom is 4.00 e. The fraction of sp³-hybridized carbons (Fsp3) is 0. The van der Waals surface area contributed by atoms with Gasteiger partial charge in [0, 0.05) is 0 Å². The van der Waals surface area contributed by atoms with Crippen LogP contribution in [0.25, 0.3) is 0 Å². The van der Waals surface area contributed by atoms with Crippen LogP contribution in [0.3, 0.4) is 0 Å². The van der Waals surface area contributed by atoms with Gasteiger partial charge in [0.1, 0.15) is 0 Å². The van der Waals surface area contributed by atoms with Gasteiger partial charge >= 0.3 is 61.5 Å². The number of rotatable bonds is 0. The van der Waals surface area contributed by atoms with Gasteiger partial charge in [0.15, 0.2) is 0 Å². The average Bonchev–Trinajstić information content (AvgIpc) is 2.22. The van der Waals surface area contributed by atoms with Gasteiger partial charge in [-0.2, -0.15) is 0 Å². The van der Waals surface area contributed by atoms with Crippen molar-refractivity contribution in [3.05, 3.63) is 91.9 Å². The molecule has 0 radical (unpaired) electrons. The molecule has 0 amide bonds. The van der Waals surface area contributed by atoms with Crippen LogP contribution in [0.1, 0.15) is 0 Å². The molecule has 0 atom stereocenters. The van der Waals surface area contributed by atoms with Crippen molar-refractivity contribution in [1.82, 2.24) is 0 Å². The van der Waals surface area contributed by atoms with Crippen molar-refractivity contribution in [3.63, 3.8) is 0 Å². The number of hydrogen-bond donors (Lipinski definition) is 0. The van der Waals surface area contributed by atoms with Gasteiger partial charge in [0.05, 0.1) is 30.5 Å². The van der Waals surface area contributed by atoms with E-state index in [4.69, 9.17) is 96.4 Å². The fourth-order valence-electron chi connectivity index (χ4n) is 0. The molecule has 0 spiro atoms. The van der Waals surface area contributed by atoms with Crippen molar-refractivity contribution in [3.8, 4) is 0 Å². The van der Waals surface area contributed by atoms with Crippen molar-refractivity contribution < 1.29 is 92.0 Å². The fourth-order valence-corrected chi connectivity index (χ4v) is 0. The summed E-state index contributed by atoms with van der Waals surface area (Å²) in [5.74, 6) is 0. The van der Waals surface area contributed by atoms with Gasteiger partial charge in [0.25, 0.3) is 0 Å². The largest absolute Gasteiger partial charge is 4.00 e. The number of nitrogens with zero attached hydrogens (tertiary/aromatic N) is 6. The molecule has 160 valence electrons. The van der Waals surface area contributed by atoms with Crippen LogP contribution in [0.4, 0.5) is 0 Å². The Bertz CT molecular complexity index is 335. The average molecular weight is 886 g/mol. The van der Waals surface area contributed by atoms with Crippen LogP contribution in [0, 0.1) is 149 Å². The minimum absolute atomic E-state index is 0. The summed E-state index contributed by atoms with van der Waals surface area (Å²) >= 11 is -2.51. The molecule has 28 heteroatoms. The van der Waals surface area contributed by atoms with Crippen LogP contribution in [-0.4, -0.2) is 30.5 Å². The van der Waals surface area contributed by atoms with Crippen LogP contribution in [0.2, 0.25) is 0 Å². The molecule has 0 aliphatic rings. The smallest absolute Gasteiger partial charge is 4.00 e. The molecule has 0 aliphatic heterocycles. The molecule has 0 aliphatic carbocycles. The van der Waals surface area contributed by atoms with Gasteiger partial charge in [-0.1, -0.05) is 0 Å². The molecule has 0 heterocycles. The summed E-state index contributed by atoms with van der Waals surface area (Å²) in [5.41, 5.74) is 0. The predicted octanol–water partition coefficient (Wildman–Crippen LogP) is -1.67. The minimum atomic E-state index is -2.51. The van der Waals surface area contributed by atoms with Crippen LogP contribution in [0.5, 0.6) is 0 Å². The zero-order valence-corrected chi connectivity index (χ0v) is 19.3. The second-order valence-electron chi connectivity index (χ2n) is 1.42. The summed E-state index contributed by atoms with van der Waals surface area (Å²) in [6.45, 7) is 0. The molecule has 0 saturated heterocycles. The topological polar surface area (TPSA) is 431 Å². The molecule has 0 rings (SSSR count). The normalized spacial score (nSPS) is 5.43. The zero-order valence-electron chi connectivity index (χ0n) is 11.8. The third-order valence-electron chi connectivity index (χ3n) is 0. The Hall–Kier alpha value is -3.16. The standard InChI is InChI=1S/6NO3.2O.Pu.U/c6*2-1(3)4;;;;/q6*-1;;;+4;+2. The molecular formula is N6O20PuU. The van der Waals surface area contributed by atoms with Crippen molar-refractivity contribution in [2.24, 2.45) is 0 Å². The first-order valence-corrected chi connectivity index (χ1v) is 7.09. The Morgan fingerprint density at radius 2 is 0.357 bits per heavy atom. The third-order valence-corrected chi connectivity index (χ3v) is 0. The van der Waals surface area contributed by atoms with E-state index in [0.717, 1.165) is 0 Å². The molecule has 0 unspecified atom stereocenters. The first kappa shape index (κ1) is 49.8. The Kier molecular flexibility index (Phi) is 88.1. The van der Waals surface area contributed by atoms with Crippen LogP contribution in [-0.2, 0) is 4.47 Å². The van der Waals surface area contributed by atoms with Crippen molar-refractivity contribution in [2.75, 3.05) is 0 Å². The summed E-state index contributed by atoms with van der Waals surface area (Å²) < 4.78 is 17.2. The molecule has 0 N–H and O–H groups in total. The maximum atomic E-state index is 8.58. The number of hydrogen-bond acceptors (Lipinski definition) is 20. The van der Waals surface area contributed by atoms with E-state index in [1.807, 2.05) is 0 Å². The summed E-state index contributed by atoms with van der Waals surface area (Å²) in [5, 5.41) is 88.5. The first-order valence-electron chi connectivity index (χ1n) is 3.69. The predicted molar refractivity (Wildman–Crippen MR) is 63.5 cm³/mol. The molecule has 0 aromatic carbocycles. The van der Waals surface area contributed by atoms with E-state index in [1.54, 1.807) is 0 Å². The Balaban J connectivity index is -0.0000000277. The SMILES string of the molecule is O=[N+]([O-])[O-].O=[N+]([O-])[O-].O=[N+]([O-])[O-].O=[N+]([O-])[O-].O=[N+]([O-])[O-].O=[N+]([O-])[O-].[O]=[U+2]=[O].[Pu+4]. The molecule has 0 bridgehead atoms. The van der Waals surface area contributed by atoms with E-state index < -0.39 is 58.3 Å². The Labute approximate surface area is 183 Å². The van der Waals surface area contributed by atoms with E-state index in [-0.39, 0.29) is 29.2 Å². The van der Waals surface area contributed by atoms with E-state index >= 15 is 0 Å². The molecule has 0 saturated carbocycles. The van der Waals surface area contributed by atoms with Crippen molar-refractivity contribution >= 4 is 0 Å². The van der Waals surface area contributed by atoms with Gasteiger partial charge < -0.3 is 91.9 Å². The van der Waals surface area contributed by atoms with Gasteiger partial charge in [-0.05, 0) is 0 Å². The summed E-state index contributed by atoms with van der Waals surface area (Å²) in [6.07, 6.45) is 0. The summed E-state index contributed by atoms with van der Waals surface area (Å²) in [7, 11) is 0. The van der Waals surface area contributed by atoms with E-state index in [0.29, 0.717) is 0 Å². The molecule has 0 aromatic rings. The molecule has 26 nitrogen and oxygen atoms in total. The zero-order chi connectivity index (χ0) is 24.2. The van der Waals surface area contributed by atoms with E-state index in [2.05, 4.69) is 0 Å². The van der Waals surface area contributed by atoms with E-state index in [1.165, 1.54) is 0 Å². The maximum absolute atomic E-state index is 8.58. The first-order chi connectivity index (χ1) is 11.8. The van der Waals surface area contributed by atoms with Crippen LogP contribution < -0.4 is 0 Å². The molecule has 0 aromatic heterocycles. The van der Waals surface area contributed by atoms with Crippen molar-refractivity contribution in [2.45, 2.75) is 0 Å². The quantitative estimate of drug-likeness (QED) is 0.194. The molecule has 0 fully saturated rings. The third kappa shape index (κ3) is 1090. The second kappa shape index (κ2) is 49.6. The van der Waals surface area contributed by atoms with Gasteiger partial charge in [-0.15, -0.1) is 0 Å². The monoisotopic (exact) mass is 880 g/mol. The summed E-state index contributed by atoms with van der Waals surface area (Å²) in [6, 6.07) is 0. The Morgan fingerprint density at radius 1 is 0.357 bits per heavy atom. The van der Waals surface area contributed by atoms with Gasteiger partial charge in [-0.3, -0.25) is 0 Å². The molecular weight excluding hydrogens is 886 g/mol. The van der Waals surface area contributed by atoms with Gasteiger partial charge in [0.2, 0.25) is 0 Å². The Morgan fingerprint density at radius 3 is 0.357 bits per heavy atom. The second-order valence-corrected chi connectivity index (χ2v) is 2.12. The van der Waals surface area contributed by atoms with Gasteiger partial charge in [-0.25, -0.2) is 0 Å². The van der Waals surface area contributed by atoms with Crippen LogP contribution >= 0.6 is 0 Å². The molecule has 28 heavy (non-hydrogen) atoms. The van der Waals surface area contributed by atoms with Crippen LogP contribution in [0.15, 0.2) is 0 Å². The summed E-state index contributed by atoms with van der Waals surface area (Å²) in [4.78, 5) is 49.5. The van der Waals surface area contributed by atoms with E-state index in [9.17, 15) is 0 Å². The van der Waals surface area contributed by atoms with Crippen molar-refractivity contribution in [1.29, 1.82) is 0 Å². The maximum Gasteiger partial charge on any atom is 4.00 e.